The van der Waals surface area contributed by atoms with Crippen LogP contribution in [0.5, 0.6) is 0 Å². The van der Waals surface area contributed by atoms with Crippen LogP contribution in [-0.4, -0.2) is 15.0 Å². The highest BCUT2D eigenvalue weighted by molar-refractivity contribution is 6.20. The van der Waals surface area contributed by atoms with Crippen molar-refractivity contribution in [1.82, 2.24) is 15.0 Å². The van der Waals surface area contributed by atoms with Gasteiger partial charge in [0, 0.05) is 27.9 Å². The number of hydrogen-bond acceptors (Lipinski definition) is 4. The zero-order chi connectivity index (χ0) is 26.3. The van der Waals surface area contributed by atoms with Crippen molar-refractivity contribution in [2.45, 2.75) is 13.8 Å². The summed E-state index contributed by atoms with van der Waals surface area (Å²) < 4.78 is 0. The maximum Gasteiger partial charge on any atom is 0.235 e. The number of aromatic nitrogens is 3. The fraction of sp³-hybridized carbons (Fsp3) is 0.0571. The molecule has 1 aliphatic heterocycles. The standard InChI is InChI=1S/C33H20N4.C2H6/c1-2-9-21(10-3-1)22-17-18-29-26(19-22)32-31-25(24-12-5-7-15-28(24)35-32)13-8-16-30(31)37(29)33-34-20-23-11-4-6-14-27(23)36-33;1-2/h1-20H;1-2H3. The molecule has 7 aromatic rings. The fourth-order valence-electron chi connectivity index (χ4n) is 5.52. The van der Waals surface area contributed by atoms with Crippen molar-refractivity contribution in [1.29, 1.82) is 0 Å². The number of fused-ring (bicyclic) bond motifs is 5. The Balaban J connectivity index is 0.00000124. The lowest BCUT2D eigenvalue weighted by Crippen LogP contribution is -2.18. The van der Waals surface area contributed by atoms with Crippen molar-refractivity contribution in [3.8, 4) is 22.4 Å². The van der Waals surface area contributed by atoms with Crippen molar-refractivity contribution in [2.75, 3.05) is 4.90 Å². The van der Waals surface area contributed by atoms with Gasteiger partial charge in [-0.25, -0.2) is 15.0 Å². The highest BCUT2D eigenvalue weighted by Crippen LogP contribution is 2.51. The number of nitrogens with zero attached hydrogens (tertiary/aromatic N) is 4. The molecule has 3 heterocycles. The molecular weight excluding hydrogens is 476 g/mol. The molecule has 0 radical (unpaired) electrons. The van der Waals surface area contributed by atoms with Crippen molar-refractivity contribution in [3.63, 3.8) is 0 Å². The normalized spacial score (nSPS) is 11.8. The molecule has 4 heteroatoms. The topological polar surface area (TPSA) is 41.9 Å². The van der Waals surface area contributed by atoms with Gasteiger partial charge in [-0.05, 0) is 46.8 Å². The third kappa shape index (κ3) is 3.64. The summed E-state index contributed by atoms with van der Waals surface area (Å²) in [6.07, 6.45) is 1.91. The van der Waals surface area contributed by atoms with Gasteiger partial charge in [-0.1, -0.05) is 98.8 Å². The summed E-state index contributed by atoms with van der Waals surface area (Å²) in [6.45, 7) is 4.00. The van der Waals surface area contributed by atoms with Crippen LogP contribution in [0.3, 0.4) is 0 Å². The number of rotatable bonds is 2. The van der Waals surface area contributed by atoms with Gasteiger partial charge in [0.1, 0.15) is 0 Å². The van der Waals surface area contributed by atoms with Gasteiger partial charge in [-0.2, -0.15) is 0 Å². The zero-order valence-electron chi connectivity index (χ0n) is 21.8. The second kappa shape index (κ2) is 9.34. The molecule has 0 saturated heterocycles. The molecule has 0 fully saturated rings. The second-order valence-corrected chi connectivity index (χ2v) is 9.34. The number of para-hydroxylation sites is 2. The number of benzene rings is 5. The first-order valence-corrected chi connectivity index (χ1v) is 13.4. The molecule has 2 aromatic heterocycles. The van der Waals surface area contributed by atoms with Gasteiger partial charge in [0.05, 0.1) is 28.1 Å². The second-order valence-electron chi connectivity index (χ2n) is 9.34. The van der Waals surface area contributed by atoms with E-state index in [0.29, 0.717) is 5.95 Å². The SMILES string of the molecule is CC.c1ccc(-c2ccc3c(c2)-c2nc4ccccc4c4cccc(c24)N3c2ncc3ccccc3n2)cc1. The Morgan fingerprint density at radius 1 is 0.564 bits per heavy atom. The average molecular weight is 503 g/mol. The van der Waals surface area contributed by atoms with E-state index in [1.54, 1.807) is 0 Å². The maximum absolute atomic E-state index is 5.22. The zero-order valence-corrected chi connectivity index (χ0v) is 21.8. The Kier molecular flexibility index (Phi) is 5.52. The van der Waals surface area contributed by atoms with Crippen molar-refractivity contribution in [3.05, 3.63) is 121 Å². The van der Waals surface area contributed by atoms with Crippen LogP contribution in [0, 0.1) is 0 Å². The smallest absolute Gasteiger partial charge is 0.235 e. The van der Waals surface area contributed by atoms with E-state index in [1.165, 1.54) is 10.9 Å². The number of hydrogen-bond donors (Lipinski definition) is 0. The lowest BCUT2D eigenvalue weighted by Gasteiger charge is -2.32. The molecule has 186 valence electrons. The van der Waals surface area contributed by atoms with Crippen LogP contribution in [0.15, 0.2) is 121 Å². The third-order valence-corrected chi connectivity index (χ3v) is 7.22. The molecule has 0 N–H and O–H groups in total. The Morgan fingerprint density at radius 3 is 2.18 bits per heavy atom. The van der Waals surface area contributed by atoms with Crippen LogP contribution in [0.25, 0.3) is 55.0 Å². The summed E-state index contributed by atoms with van der Waals surface area (Å²) >= 11 is 0. The van der Waals surface area contributed by atoms with E-state index in [9.17, 15) is 0 Å². The average Bonchev–Trinajstić information content (AvgIpc) is 3.02. The largest absolute Gasteiger partial charge is 0.278 e. The maximum atomic E-state index is 5.22. The third-order valence-electron chi connectivity index (χ3n) is 7.22. The first-order chi connectivity index (χ1) is 19.3. The van der Waals surface area contributed by atoms with E-state index in [4.69, 9.17) is 15.0 Å². The van der Waals surface area contributed by atoms with Crippen LogP contribution >= 0.6 is 0 Å². The molecule has 1 aliphatic rings. The summed E-state index contributed by atoms with van der Waals surface area (Å²) in [6, 6.07) is 40.0. The lowest BCUT2D eigenvalue weighted by atomic mass is 9.91. The molecule has 39 heavy (non-hydrogen) atoms. The van der Waals surface area contributed by atoms with Gasteiger partial charge in [0.15, 0.2) is 0 Å². The number of pyridine rings is 1. The quantitative estimate of drug-likeness (QED) is 0.221. The minimum Gasteiger partial charge on any atom is -0.278 e. The summed E-state index contributed by atoms with van der Waals surface area (Å²) in [5.74, 6) is 0.652. The molecule has 0 atom stereocenters. The van der Waals surface area contributed by atoms with E-state index in [0.717, 1.165) is 55.4 Å². The molecule has 0 unspecified atom stereocenters. The van der Waals surface area contributed by atoms with E-state index in [-0.39, 0.29) is 0 Å². The highest BCUT2D eigenvalue weighted by Gasteiger charge is 2.29. The van der Waals surface area contributed by atoms with Gasteiger partial charge in [0.2, 0.25) is 5.95 Å². The van der Waals surface area contributed by atoms with Crippen LogP contribution in [-0.2, 0) is 0 Å². The lowest BCUT2D eigenvalue weighted by molar-refractivity contribution is 1.11. The van der Waals surface area contributed by atoms with Crippen LogP contribution in [0.4, 0.5) is 17.3 Å². The van der Waals surface area contributed by atoms with E-state index >= 15 is 0 Å². The van der Waals surface area contributed by atoms with Gasteiger partial charge in [-0.15, -0.1) is 0 Å². The summed E-state index contributed by atoms with van der Waals surface area (Å²) in [5, 5.41) is 4.47. The molecular formula is C35H26N4. The first-order valence-electron chi connectivity index (χ1n) is 13.4. The molecule has 0 spiro atoms. The van der Waals surface area contributed by atoms with Crippen molar-refractivity contribution in [2.24, 2.45) is 0 Å². The minimum atomic E-state index is 0.652. The van der Waals surface area contributed by atoms with E-state index < -0.39 is 0 Å². The van der Waals surface area contributed by atoms with Crippen molar-refractivity contribution < 1.29 is 0 Å². The number of anilines is 3. The molecule has 8 rings (SSSR count). The minimum absolute atomic E-state index is 0.652. The molecule has 0 saturated carbocycles. The molecule has 0 bridgehead atoms. The van der Waals surface area contributed by atoms with Crippen molar-refractivity contribution >= 4 is 49.9 Å². The monoisotopic (exact) mass is 502 g/mol. The summed E-state index contributed by atoms with van der Waals surface area (Å²) in [4.78, 5) is 17.2. The Hall–Kier alpha value is -5.09. The Bertz CT molecular complexity index is 2000. The summed E-state index contributed by atoms with van der Waals surface area (Å²) in [7, 11) is 0. The molecule has 5 aromatic carbocycles. The van der Waals surface area contributed by atoms with Crippen LogP contribution < -0.4 is 4.90 Å². The van der Waals surface area contributed by atoms with E-state index in [1.807, 2.05) is 50.4 Å². The van der Waals surface area contributed by atoms with Gasteiger partial charge < -0.3 is 0 Å². The van der Waals surface area contributed by atoms with Gasteiger partial charge in [-0.3, -0.25) is 4.90 Å². The predicted molar refractivity (Wildman–Crippen MR) is 163 cm³/mol. The Morgan fingerprint density at radius 2 is 1.31 bits per heavy atom. The molecule has 0 amide bonds. The molecule has 4 nitrogen and oxygen atoms in total. The van der Waals surface area contributed by atoms with E-state index in [2.05, 4.69) is 89.8 Å². The van der Waals surface area contributed by atoms with Crippen LogP contribution in [0.1, 0.15) is 13.8 Å². The Labute approximate surface area is 227 Å². The van der Waals surface area contributed by atoms with Gasteiger partial charge >= 0.3 is 0 Å². The predicted octanol–water partition coefficient (Wildman–Crippen LogP) is 9.47. The van der Waals surface area contributed by atoms with Crippen LogP contribution in [0.2, 0.25) is 0 Å². The summed E-state index contributed by atoms with van der Waals surface area (Å²) in [5.41, 5.74) is 8.38. The molecule has 0 aliphatic carbocycles. The highest BCUT2D eigenvalue weighted by atomic mass is 15.3. The fourth-order valence-corrected chi connectivity index (χ4v) is 5.52. The van der Waals surface area contributed by atoms with Gasteiger partial charge in [0.25, 0.3) is 0 Å². The first kappa shape index (κ1) is 23.1.